The first-order chi connectivity index (χ1) is 6.76. The number of unbranched alkanes of at least 4 members (excludes halogenated alkanes) is 2. The molecule has 0 amide bonds. The Morgan fingerprint density at radius 2 is 2.14 bits per heavy atom. The van der Waals surface area contributed by atoms with E-state index in [1.807, 2.05) is 0 Å². The molecule has 14 heavy (non-hydrogen) atoms. The lowest BCUT2D eigenvalue weighted by atomic mass is 10.2. The molecule has 84 valence electrons. The molecule has 1 rings (SSSR count). The number of halogens is 1. The summed E-state index contributed by atoms with van der Waals surface area (Å²) in [5.74, 6) is 0.620. The van der Waals surface area contributed by atoms with E-state index in [1.54, 1.807) is 0 Å². The van der Waals surface area contributed by atoms with Crippen LogP contribution >= 0.6 is 11.6 Å². The Morgan fingerprint density at radius 1 is 1.36 bits per heavy atom. The molecule has 0 aliphatic carbocycles. The third kappa shape index (κ3) is 4.16. The minimum atomic E-state index is 0.238. The van der Waals surface area contributed by atoms with Crippen LogP contribution < -0.4 is 0 Å². The fourth-order valence-corrected chi connectivity index (χ4v) is 2.16. The molecule has 1 aliphatic heterocycles. The second-order valence-corrected chi connectivity index (χ2v) is 4.50. The number of hydrogen-bond donors (Lipinski definition) is 0. The van der Waals surface area contributed by atoms with Crippen LogP contribution in [0.5, 0.6) is 0 Å². The molecule has 1 heterocycles. The number of alkyl halides is 1. The molecule has 0 N–H and O–H groups in total. The van der Waals surface area contributed by atoms with Gasteiger partial charge in [0.1, 0.15) is 0 Å². The van der Waals surface area contributed by atoms with Gasteiger partial charge in [-0.1, -0.05) is 19.8 Å². The summed E-state index contributed by atoms with van der Waals surface area (Å²) in [6, 6.07) is 0. The minimum Gasteiger partial charge on any atom is -0.371 e. The normalized spacial score (nSPS) is 29.4. The van der Waals surface area contributed by atoms with Gasteiger partial charge in [0.25, 0.3) is 0 Å². The van der Waals surface area contributed by atoms with Crippen LogP contribution in [0.3, 0.4) is 0 Å². The van der Waals surface area contributed by atoms with Crippen molar-refractivity contribution in [3.05, 3.63) is 0 Å². The molecule has 0 saturated carbocycles. The highest BCUT2D eigenvalue weighted by Gasteiger charge is 2.23. The lowest BCUT2D eigenvalue weighted by molar-refractivity contribution is -0.0665. The lowest BCUT2D eigenvalue weighted by Crippen LogP contribution is -2.47. The first-order valence-electron chi connectivity index (χ1n) is 5.70. The topological polar surface area (TPSA) is 12.5 Å². The number of morpholine rings is 1. The summed E-state index contributed by atoms with van der Waals surface area (Å²) in [6.07, 6.45) is 4.50. The van der Waals surface area contributed by atoms with Crippen molar-refractivity contribution in [3.8, 4) is 0 Å². The van der Waals surface area contributed by atoms with E-state index in [0.29, 0.717) is 12.0 Å². The summed E-state index contributed by atoms with van der Waals surface area (Å²) >= 11 is 5.82. The Balaban J connectivity index is 2.23. The first kappa shape index (κ1) is 12.3. The van der Waals surface area contributed by atoms with Gasteiger partial charge in [-0.15, -0.1) is 11.6 Å². The summed E-state index contributed by atoms with van der Waals surface area (Å²) < 4.78 is 5.70. The van der Waals surface area contributed by atoms with E-state index in [9.17, 15) is 0 Å². The Kier molecular flexibility index (Phi) is 5.83. The van der Waals surface area contributed by atoms with Crippen molar-refractivity contribution in [1.29, 1.82) is 0 Å². The fraction of sp³-hybridized carbons (Fsp3) is 1.00. The maximum atomic E-state index is 5.82. The van der Waals surface area contributed by atoms with Gasteiger partial charge in [-0.3, -0.25) is 4.90 Å². The molecule has 2 nitrogen and oxygen atoms in total. The van der Waals surface area contributed by atoms with Crippen LogP contribution in [-0.2, 0) is 4.74 Å². The van der Waals surface area contributed by atoms with Gasteiger partial charge in [-0.05, 0) is 19.9 Å². The number of rotatable bonds is 5. The van der Waals surface area contributed by atoms with Crippen molar-refractivity contribution in [2.75, 3.05) is 25.5 Å². The minimum absolute atomic E-state index is 0.238. The van der Waals surface area contributed by atoms with E-state index in [4.69, 9.17) is 16.3 Å². The molecule has 0 aromatic carbocycles. The Hall–Kier alpha value is 0.210. The zero-order valence-corrected chi connectivity index (χ0v) is 10.1. The van der Waals surface area contributed by atoms with Crippen molar-refractivity contribution >= 4 is 11.6 Å². The average molecular weight is 220 g/mol. The van der Waals surface area contributed by atoms with E-state index in [-0.39, 0.29) is 6.10 Å². The van der Waals surface area contributed by atoms with E-state index < -0.39 is 0 Å². The molecule has 3 heteroatoms. The van der Waals surface area contributed by atoms with Crippen molar-refractivity contribution in [2.45, 2.75) is 45.3 Å². The predicted octanol–water partition coefficient (Wildman–Crippen LogP) is 2.50. The van der Waals surface area contributed by atoms with Gasteiger partial charge in [-0.2, -0.15) is 0 Å². The van der Waals surface area contributed by atoms with Gasteiger partial charge in [-0.25, -0.2) is 0 Å². The van der Waals surface area contributed by atoms with Gasteiger partial charge >= 0.3 is 0 Å². The van der Waals surface area contributed by atoms with Crippen LogP contribution in [0.2, 0.25) is 0 Å². The molecule has 2 atom stereocenters. The third-order valence-corrected chi connectivity index (χ3v) is 3.00. The Morgan fingerprint density at radius 3 is 2.79 bits per heavy atom. The van der Waals surface area contributed by atoms with Crippen LogP contribution in [0.4, 0.5) is 0 Å². The molecule has 0 spiro atoms. The van der Waals surface area contributed by atoms with Crippen LogP contribution in [0.15, 0.2) is 0 Å². The van der Waals surface area contributed by atoms with Gasteiger partial charge in [0.2, 0.25) is 0 Å². The van der Waals surface area contributed by atoms with Gasteiger partial charge in [0.15, 0.2) is 0 Å². The van der Waals surface area contributed by atoms with Crippen molar-refractivity contribution in [1.82, 2.24) is 4.90 Å². The number of hydrogen-bond acceptors (Lipinski definition) is 2. The Bertz CT molecular complexity index is 154. The summed E-state index contributed by atoms with van der Waals surface area (Å²) in [7, 11) is 0. The van der Waals surface area contributed by atoms with Gasteiger partial charge < -0.3 is 4.74 Å². The van der Waals surface area contributed by atoms with Crippen LogP contribution in [-0.4, -0.2) is 42.6 Å². The zero-order valence-electron chi connectivity index (χ0n) is 9.34. The largest absolute Gasteiger partial charge is 0.371 e. The molecule has 0 bridgehead atoms. The lowest BCUT2D eigenvalue weighted by Gasteiger charge is -2.36. The number of ether oxygens (including phenoxy) is 1. The summed E-state index contributed by atoms with van der Waals surface area (Å²) in [6.45, 7) is 7.65. The highest BCUT2D eigenvalue weighted by Crippen LogP contribution is 2.13. The molecule has 1 saturated heterocycles. The second-order valence-electron chi connectivity index (χ2n) is 4.19. The van der Waals surface area contributed by atoms with Crippen LogP contribution in [0.25, 0.3) is 0 Å². The quantitative estimate of drug-likeness (QED) is 0.521. The van der Waals surface area contributed by atoms with E-state index in [0.717, 1.165) is 13.1 Å². The summed E-state index contributed by atoms with van der Waals surface area (Å²) in [5.41, 5.74) is 0. The predicted molar refractivity (Wildman–Crippen MR) is 61.0 cm³/mol. The van der Waals surface area contributed by atoms with Gasteiger partial charge in [0.05, 0.1) is 12.2 Å². The third-order valence-electron chi connectivity index (χ3n) is 2.65. The van der Waals surface area contributed by atoms with Crippen molar-refractivity contribution in [3.63, 3.8) is 0 Å². The molecular weight excluding hydrogens is 198 g/mol. The molecule has 1 aliphatic rings. The highest BCUT2D eigenvalue weighted by atomic mass is 35.5. The highest BCUT2D eigenvalue weighted by molar-refractivity contribution is 6.18. The van der Waals surface area contributed by atoms with Crippen LogP contribution in [0.1, 0.15) is 33.1 Å². The van der Waals surface area contributed by atoms with E-state index in [1.165, 1.54) is 25.8 Å². The molecule has 0 radical (unpaired) electrons. The first-order valence-corrected chi connectivity index (χ1v) is 6.23. The zero-order chi connectivity index (χ0) is 10.4. The number of nitrogens with zero attached hydrogens (tertiary/aromatic N) is 1. The maximum Gasteiger partial charge on any atom is 0.0841 e. The maximum absolute atomic E-state index is 5.82. The van der Waals surface area contributed by atoms with Gasteiger partial charge in [0, 0.05) is 19.0 Å². The molecule has 0 aromatic rings. The molecule has 2 unspecified atom stereocenters. The van der Waals surface area contributed by atoms with E-state index in [2.05, 4.69) is 18.7 Å². The monoisotopic (exact) mass is 219 g/mol. The van der Waals surface area contributed by atoms with E-state index >= 15 is 0 Å². The molecular formula is C11H22ClNO. The summed E-state index contributed by atoms with van der Waals surface area (Å²) in [5, 5.41) is 0. The smallest absolute Gasteiger partial charge is 0.0841 e. The second kappa shape index (κ2) is 6.65. The SMILES string of the molecule is CCCCCN1CC(C)OC(CCl)C1. The van der Waals surface area contributed by atoms with Crippen molar-refractivity contribution in [2.24, 2.45) is 0 Å². The van der Waals surface area contributed by atoms with Crippen LogP contribution in [0, 0.1) is 0 Å². The van der Waals surface area contributed by atoms with Crippen molar-refractivity contribution < 1.29 is 4.74 Å². The average Bonchev–Trinajstić information content (AvgIpc) is 2.17. The fourth-order valence-electron chi connectivity index (χ4n) is 1.99. The Labute approximate surface area is 92.6 Å². The standard InChI is InChI=1S/C11H22ClNO/c1-3-4-5-6-13-8-10(2)14-11(7-12)9-13/h10-11H,3-9H2,1-2H3. The molecule has 0 aromatic heterocycles. The summed E-state index contributed by atoms with van der Waals surface area (Å²) in [4.78, 5) is 2.48. The molecule has 1 fully saturated rings.